The van der Waals surface area contributed by atoms with Gasteiger partial charge in [-0.25, -0.2) is 4.39 Å². The normalized spacial score (nSPS) is 11.1. The smallest absolute Gasteiger partial charge is 0.229 e. The minimum absolute atomic E-state index is 0.134. The molecule has 0 spiro atoms. The largest absolute Gasteiger partial charge is 0.492 e. The van der Waals surface area contributed by atoms with E-state index in [1.54, 1.807) is 6.92 Å². The summed E-state index contributed by atoms with van der Waals surface area (Å²) < 4.78 is 18.3. The summed E-state index contributed by atoms with van der Waals surface area (Å²) in [6.07, 6.45) is 0. The van der Waals surface area contributed by atoms with Crippen LogP contribution < -0.4 is 10.1 Å². The third-order valence-corrected chi connectivity index (χ3v) is 2.17. The lowest BCUT2D eigenvalue weighted by Crippen LogP contribution is -2.27. The SMILES string of the molecule is CCOc1cc(F)ccc1NC(=O)C(C)(C)C. The Morgan fingerprint density at radius 3 is 2.59 bits per heavy atom. The molecule has 0 heterocycles. The number of rotatable bonds is 3. The van der Waals surface area contributed by atoms with Gasteiger partial charge in [0.1, 0.15) is 11.6 Å². The molecule has 0 radical (unpaired) electrons. The number of anilines is 1. The highest BCUT2D eigenvalue weighted by atomic mass is 19.1. The first-order valence-corrected chi connectivity index (χ1v) is 5.58. The Morgan fingerprint density at radius 1 is 1.41 bits per heavy atom. The highest BCUT2D eigenvalue weighted by molar-refractivity contribution is 5.95. The number of benzene rings is 1. The molecular formula is C13H18FNO2. The Kier molecular flexibility index (Phi) is 4.10. The van der Waals surface area contributed by atoms with E-state index < -0.39 is 5.41 Å². The lowest BCUT2D eigenvalue weighted by Gasteiger charge is -2.19. The molecule has 1 amide bonds. The van der Waals surface area contributed by atoms with Gasteiger partial charge in [0.15, 0.2) is 0 Å². The zero-order valence-electron chi connectivity index (χ0n) is 10.6. The van der Waals surface area contributed by atoms with Gasteiger partial charge in [-0.1, -0.05) is 20.8 Å². The summed E-state index contributed by atoms with van der Waals surface area (Å²) in [6.45, 7) is 7.66. The van der Waals surface area contributed by atoms with Gasteiger partial charge in [0, 0.05) is 11.5 Å². The molecule has 0 aliphatic heterocycles. The number of hydrogen-bond acceptors (Lipinski definition) is 2. The van der Waals surface area contributed by atoms with Crippen LogP contribution in [0, 0.1) is 11.2 Å². The van der Waals surface area contributed by atoms with Crippen LogP contribution in [-0.4, -0.2) is 12.5 Å². The van der Waals surface area contributed by atoms with Crippen LogP contribution in [0.1, 0.15) is 27.7 Å². The third-order valence-electron chi connectivity index (χ3n) is 2.17. The summed E-state index contributed by atoms with van der Waals surface area (Å²) in [5.41, 5.74) is -0.00843. The molecule has 1 rings (SSSR count). The van der Waals surface area contributed by atoms with Gasteiger partial charge < -0.3 is 10.1 Å². The van der Waals surface area contributed by atoms with Crippen molar-refractivity contribution in [2.75, 3.05) is 11.9 Å². The number of hydrogen-bond donors (Lipinski definition) is 1. The molecule has 0 fully saturated rings. The summed E-state index contributed by atoms with van der Waals surface area (Å²) in [7, 11) is 0. The van der Waals surface area contributed by atoms with Gasteiger partial charge in [0.05, 0.1) is 12.3 Å². The molecule has 94 valence electrons. The van der Waals surface area contributed by atoms with Crippen LogP contribution in [0.2, 0.25) is 0 Å². The molecule has 1 aromatic rings. The van der Waals surface area contributed by atoms with E-state index in [4.69, 9.17) is 4.74 Å². The quantitative estimate of drug-likeness (QED) is 0.879. The van der Waals surface area contributed by atoms with Crippen LogP contribution in [0.3, 0.4) is 0 Å². The molecule has 0 atom stereocenters. The lowest BCUT2D eigenvalue weighted by molar-refractivity contribution is -0.123. The lowest BCUT2D eigenvalue weighted by atomic mass is 9.95. The second-order valence-corrected chi connectivity index (χ2v) is 4.78. The minimum Gasteiger partial charge on any atom is -0.492 e. The first-order chi connectivity index (χ1) is 7.84. The monoisotopic (exact) mass is 239 g/mol. The molecule has 0 saturated carbocycles. The van der Waals surface area contributed by atoms with Crippen LogP contribution in [0.4, 0.5) is 10.1 Å². The number of nitrogens with one attached hydrogen (secondary N) is 1. The molecule has 0 aliphatic carbocycles. The first-order valence-electron chi connectivity index (χ1n) is 5.58. The highest BCUT2D eigenvalue weighted by Gasteiger charge is 2.22. The van der Waals surface area contributed by atoms with Crippen molar-refractivity contribution < 1.29 is 13.9 Å². The molecule has 3 nitrogen and oxygen atoms in total. The average Bonchev–Trinajstić information content (AvgIpc) is 2.21. The fourth-order valence-corrected chi connectivity index (χ4v) is 1.18. The number of carbonyl (C=O) groups excluding carboxylic acids is 1. The molecule has 0 bridgehead atoms. The van der Waals surface area contributed by atoms with Crippen LogP contribution in [0.5, 0.6) is 5.75 Å². The van der Waals surface area contributed by atoms with Crippen LogP contribution >= 0.6 is 0 Å². The zero-order valence-corrected chi connectivity index (χ0v) is 10.6. The van der Waals surface area contributed by atoms with E-state index in [9.17, 15) is 9.18 Å². The van der Waals surface area contributed by atoms with Crippen molar-refractivity contribution in [3.8, 4) is 5.75 Å². The van der Waals surface area contributed by atoms with Crippen molar-refractivity contribution in [1.29, 1.82) is 0 Å². The molecular weight excluding hydrogens is 221 g/mol. The first kappa shape index (κ1) is 13.5. The molecule has 17 heavy (non-hydrogen) atoms. The standard InChI is InChI=1S/C13H18FNO2/c1-5-17-11-8-9(14)6-7-10(11)15-12(16)13(2,3)4/h6-8H,5H2,1-4H3,(H,15,16). The fraction of sp³-hybridized carbons (Fsp3) is 0.462. The van der Waals surface area contributed by atoms with Gasteiger partial charge in [-0.15, -0.1) is 0 Å². The van der Waals surface area contributed by atoms with Gasteiger partial charge in [-0.3, -0.25) is 4.79 Å². The maximum absolute atomic E-state index is 13.0. The summed E-state index contributed by atoms with van der Waals surface area (Å²) >= 11 is 0. The van der Waals surface area contributed by atoms with Crippen molar-refractivity contribution in [2.45, 2.75) is 27.7 Å². The zero-order chi connectivity index (χ0) is 13.1. The molecule has 0 unspecified atom stereocenters. The Labute approximate surface area is 101 Å². The molecule has 0 saturated heterocycles. The summed E-state index contributed by atoms with van der Waals surface area (Å²) in [5, 5.41) is 2.73. The summed E-state index contributed by atoms with van der Waals surface area (Å²) in [6, 6.07) is 4.06. The van der Waals surface area contributed by atoms with Crippen molar-refractivity contribution >= 4 is 11.6 Å². The predicted octanol–water partition coefficient (Wildman–Crippen LogP) is 3.21. The Hall–Kier alpha value is -1.58. The second-order valence-electron chi connectivity index (χ2n) is 4.78. The van der Waals surface area contributed by atoms with Gasteiger partial charge in [-0.05, 0) is 19.1 Å². The van der Waals surface area contributed by atoms with Gasteiger partial charge in [0.25, 0.3) is 0 Å². The maximum Gasteiger partial charge on any atom is 0.229 e. The van der Waals surface area contributed by atoms with Crippen molar-refractivity contribution in [2.24, 2.45) is 5.41 Å². The van der Waals surface area contributed by atoms with Gasteiger partial charge in [-0.2, -0.15) is 0 Å². The third kappa shape index (κ3) is 3.73. The van der Waals surface area contributed by atoms with Gasteiger partial charge >= 0.3 is 0 Å². The van der Waals surface area contributed by atoms with E-state index >= 15 is 0 Å². The van der Waals surface area contributed by atoms with Gasteiger partial charge in [0.2, 0.25) is 5.91 Å². The summed E-state index contributed by atoms with van der Waals surface area (Å²) in [5.74, 6) is -0.169. The number of halogens is 1. The van der Waals surface area contributed by atoms with Crippen molar-refractivity contribution in [3.63, 3.8) is 0 Å². The van der Waals surface area contributed by atoms with E-state index in [1.165, 1.54) is 18.2 Å². The van der Waals surface area contributed by atoms with E-state index in [2.05, 4.69) is 5.32 Å². The maximum atomic E-state index is 13.0. The minimum atomic E-state index is -0.502. The average molecular weight is 239 g/mol. The fourth-order valence-electron chi connectivity index (χ4n) is 1.18. The number of amides is 1. The molecule has 4 heteroatoms. The van der Waals surface area contributed by atoms with E-state index in [0.29, 0.717) is 18.0 Å². The van der Waals surface area contributed by atoms with Crippen LogP contribution in [0.15, 0.2) is 18.2 Å². The molecule has 0 aliphatic rings. The molecule has 1 aromatic carbocycles. The van der Waals surface area contributed by atoms with E-state index in [-0.39, 0.29) is 11.7 Å². The highest BCUT2D eigenvalue weighted by Crippen LogP contribution is 2.27. The van der Waals surface area contributed by atoms with Crippen molar-refractivity contribution in [1.82, 2.24) is 0 Å². The van der Waals surface area contributed by atoms with Crippen LogP contribution in [-0.2, 0) is 4.79 Å². The number of carbonyl (C=O) groups is 1. The van der Waals surface area contributed by atoms with Crippen LogP contribution in [0.25, 0.3) is 0 Å². The van der Waals surface area contributed by atoms with E-state index in [0.717, 1.165) is 0 Å². The molecule has 0 aromatic heterocycles. The summed E-state index contributed by atoms with van der Waals surface area (Å²) in [4.78, 5) is 11.8. The van der Waals surface area contributed by atoms with E-state index in [1.807, 2.05) is 20.8 Å². The molecule has 1 N–H and O–H groups in total. The topological polar surface area (TPSA) is 38.3 Å². The van der Waals surface area contributed by atoms with Crippen molar-refractivity contribution in [3.05, 3.63) is 24.0 Å². The predicted molar refractivity (Wildman–Crippen MR) is 65.7 cm³/mol. The Balaban J connectivity index is 2.94. The number of ether oxygens (including phenoxy) is 1. The Bertz CT molecular complexity index is 410. The second kappa shape index (κ2) is 5.17. The Morgan fingerprint density at radius 2 is 2.06 bits per heavy atom.